The van der Waals surface area contributed by atoms with Crippen molar-refractivity contribution < 1.29 is 4.79 Å². The van der Waals surface area contributed by atoms with Crippen molar-refractivity contribution >= 4 is 34.2 Å². The van der Waals surface area contributed by atoms with E-state index in [0.29, 0.717) is 6.54 Å². The first-order valence-corrected chi connectivity index (χ1v) is 6.28. The number of benzene rings is 1. The van der Waals surface area contributed by atoms with Crippen LogP contribution in [0.3, 0.4) is 0 Å². The third-order valence-electron chi connectivity index (χ3n) is 2.79. The van der Waals surface area contributed by atoms with Crippen molar-refractivity contribution in [2.45, 2.75) is 13.0 Å². The second-order valence-corrected chi connectivity index (χ2v) is 4.95. The number of amides is 1. The second kappa shape index (κ2) is 6.99. The van der Waals surface area contributed by atoms with Gasteiger partial charge in [0.15, 0.2) is 0 Å². The van der Waals surface area contributed by atoms with Crippen LogP contribution in [0.25, 0.3) is 0 Å². The lowest BCUT2D eigenvalue weighted by Gasteiger charge is -2.09. The van der Waals surface area contributed by atoms with Gasteiger partial charge < -0.3 is 10.6 Å². The highest BCUT2D eigenvalue weighted by Gasteiger charge is 2.21. The number of carbonyl (C=O) groups excluding carboxylic acids is 1. The van der Waals surface area contributed by atoms with Crippen molar-refractivity contribution in [1.29, 1.82) is 0 Å². The first kappa shape index (κ1) is 14.5. The molecule has 0 aliphatic carbocycles. The Bertz CT molecular complexity index is 381. The van der Waals surface area contributed by atoms with Crippen molar-refractivity contribution in [3.63, 3.8) is 0 Å². The third-order valence-corrected chi connectivity index (χ3v) is 3.28. The Morgan fingerprint density at radius 1 is 1.53 bits per heavy atom. The molecule has 5 heteroatoms. The van der Waals surface area contributed by atoms with Gasteiger partial charge in [-0.25, -0.2) is 0 Å². The molecule has 1 atom stereocenters. The standard InChI is InChI=1S/C12H15BrN2O.ClH/c13-11-3-1-2-9(6-11)7-15-12(16)10-4-5-14-8-10;/h1-3,6,10,14H,4-5,7-8H2,(H,15,16);1H. The molecule has 2 rings (SSSR count). The van der Waals surface area contributed by atoms with Gasteiger partial charge in [-0.1, -0.05) is 28.1 Å². The summed E-state index contributed by atoms with van der Waals surface area (Å²) in [7, 11) is 0. The SMILES string of the molecule is Cl.O=C(NCc1cccc(Br)c1)C1CCNC1. The minimum atomic E-state index is 0. The van der Waals surface area contributed by atoms with E-state index in [0.717, 1.165) is 29.5 Å². The maximum absolute atomic E-state index is 11.7. The van der Waals surface area contributed by atoms with E-state index < -0.39 is 0 Å². The first-order valence-electron chi connectivity index (χ1n) is 5.48. The van der Waals surface area contributed by atoms with Gasteiger partial charge in [-0.2, -0.15) is 0 Å². The van der Waals surface area contributed by atoms with Gasteiger partial charge in [-0.15, -0.1) is 12.4 Å². The van der Waals surface area contributed by atoms with E-state index in [9.17, 15) is 4.79 Å². The fourth-order valence-corrected chi connectivity index (χ4v) is 2.31. The van der Waals surface area contributed by atoms with E-state index in [1.807, 2.05) is 24.3 Å². The van der Waals surface area contributed by atoms with Crippen LogP contribution in [0.5, 0.6) is 0 Å². The van der Waals surface area contributed by atoms with Crippen LogP contribution in [-0.4, -0.2) is 19.0 Å². The van der Waals surface area contributed by atoms with Crippen LogP contribution in [0.1, 0.15) is 12.0 Å². The maximum atomic E-state index is 11.7. The van der Waals surface area contributed by atoms with Crippen LogP contribution < -0.4 is 10.6 Å². The van der Waals surface area contributed by atoms with E-state index in [4.69, 9.17) is 0 Å². The second-order valence-electron chi connectivity index (χ2n) is 4.04. The number of carbonyl (C=O) groups is 1. The summed E-state index contributed by atoms with van der Waals surface area (Å²) in [4.78, 5) is 11.7. The maximum Gasteiger partial charge on any atom is 0.224 e. The summed E-state index contributed by atoms with van der Waals surface area (Å²) in [6.45, 7) is 2.37. The fourth-order valence-electron chi connectivity index (χ4n) is 1.86. The average molecular weight is 320 g/mol. The Balaban J connectivity index is 0.00000144. The lowest BCUT2D eigenvalue weighted by atomic mass is 10.1. The number of hydrogen-bond acceptors (Lipinski definition) is 2. The molecule has 94 valence electrons. The summed E-state index contributed by atoms with van der Waals surface area (Å²) in [5.74, 6) is 0.303. The molecular weight excluding hydrogens is 304 g/mol. The Kier molecular flexibility index (Phi) is 5.95. The molecule has 0 spiro atoms. The van der Waals surface area contributed by atoms with Gasteiger partial charge in [0.05, 0.1) is 5.92 Å². The molecule has 0 aromatic heterocycles. The lowest BCUT2D eigenvalue weighted by Crippen LogP contribution is -2.31. The van der Waals surface area contributed by atoms with Gasteiger partial charge in [0.2, 0.25) is 5.91 Å². The number of halogens is 2. The quantitative estimate of drug-likeness (QED) is 0.896. The Morgan fingerprint density at radius 3 is 3.00 bits per heavy atom. The number of rotatable bonds is 3. The van der Waals surface area contributed by atoms with Gasteiger partial charge in [0.1, 0.15) is 0 Å². The smallest absolute Gasteiger partial charge is 0.224 e. The van der Waals surface area contributed by atoms with Crippen LogP contribution in [0.15, 0.2) is 28.7 Å². The van der Waals surface area contributed by atoms with E-state index >= 15 is 0 Å². The zero-order valence-corrected chi connectivity index (χ0v) is 11.8. The predicted molar refractivity (Wildman–Crippen MR) is 74.2 cm³/mol. The van der Waals surface area contributed by atoms with E-state index in [1.165, 1.54) is 0 Å². The zero-order chi connectivity index (χ0) is 11.4. The summed E-state index contributed by atoms with van der Waals surface area (Å²) in [5, 5.41) is 6.16. The molecule has 1 aromatic carbocycles. The van der Waals surface area contributed by atoms with Gasteiger partial charge in [0.25, 0.3) is 0 Å². The molecule has 0 bridgehead atoms. The third kappa shape index (κ3) is 4.30. The highest BCUT2D eigenvalue weighted by molar-refractivity contribution is 9.10. The highest BCUT2D eigenvalue weighted by Crippen LogP contribution is 2.12. The predicted octanol–water partition coefficient (Wildman–Crippen LogP) is 2.10. The molecule has 0 radical (unpaired) electrons. The van der Waals surface area contributed by atoms with Crippen molar-refractivity contribution in [2.75, 3.05) is 13.1 Å². The van der Waals surface area contributed by atoms with Crippen molar-refractivity contribution in [3.8, 4) is 0 Å². The Hall–Kier alpha value is -0.580. The largest absolute Gasteiger partial charge is 0.352 e. The number of nitrogens with one attached hydrogen (secondary N) is 2. The van der Waals surface area contributed by atoms with Crippen molar-refractivity contribution in [1.82, 2.24) is 10.6 Å². The molecule has 17 heavy (non-hydrogen) atoms. The van der Waals surface area contributed by atoms with Crippen LogP contribution in [-0.2, 0) is 11.3 Å². The molecule has 1 fully saturated rings. The molecule has 3 nitrogen and oxygen atoms in total. The van der Waals surface area contributed by atoms with Crippen LogP contribution in [0.2, 0.25) is 0 Å². The molecular formula is C12H16BrClN2O. The molecule has 0 saturated carbocycles. The molecule has 1 aliphatic rings. The van der Waals surface area contributed by atoms with Crippen molar-refractivity contribution in [3.05, 3.63) is 34.3 Å². The molecule has 1 aromatic rings. The van der Waals surface area contributed by atoms with Gasteiger partial charge >= 0.3 is 0 Å². The summed E-state index contributed by atoms with van der Waals surface area (Å²) in [5.41, 5.74) is 1.12. The van der Waals surface area contributed by atoms with Gasteiger partial charge in [-0.05, 0) is 30.7 Å². The molecule has 2 N–H and O–H groups in total. The fraction of sp³-hybridized carbons (Fsp3) is 0.417. The average Bonchev–Trinajstić information content (AvgIpc) is 2.79. The minimum absolute atomic E-state index is 0. The zero-order valence-electron chi connectivity index (χ0n) is 9.41. The van der Waals surface area contributed by atoms with E-state index in [2.05, 4.69) is 26.6 Å². The van der Waals surface area contributed by atoms with Gasteiger partial charge in [0, 0.05) is 17.6 Å². The number of hydrogen-bond donors (Lipinski definition) is 2. The molecule has 1 unspecified atom stereocenters. The summed E-state index contributed by atoms with van der Waals surface area (Å²) in [6, 6.07) is 7.99. The van der Waals surface area contributed by atoms with Crippen LogP contribution in [0, 0.1) is 5.92 Å². The minimum Gasteiger partial charge on any atom is -0.352 e. The molecule has 1 aliphatic heterocycles. The van der Waals surface area contributed by atoms with E-state index in [1.54, 1.807) is 0 Å². The molecule has 1 heterocycles. The molecule has 1 saturated heterocycles. The van der Waals surface area contributed by atoms with Gasteiger partial charge in [-0.3, -0.25) is 4.79 Å². The normalized spacial score (nSPS) is 18.5. The lowest BCUT2D eigenvalue weighted by molar-refractivity contribution is -0.124. The van der Waals surface area contributed by atoms with Crippen LogP contribution >= 0.6 is 28.3 Å². The summed E-state index contributed by atoms with van der Waals surface area (Å²) < 4.78 is 1.04. The van der Waals surface area contributed by atoms with Crippen molar-refractivity contribution in [2.24, 2.45) is 5.92 Å². The summed E-state index contributed by atoms with van der Waals surface area (Å²) >= 11 is 3.41. The van der Waals surface area contributed by atoms with Crippen LogP contribution in [0.4, 0.5) is 0 Å². The monoisotopic (exact) mass is 318 g/mol. The Morgan fingerprint density at radius 2 is 2.35 bits per heavy atom. The topological polar surface area (TPSA) is 41.1 Å². The first-order chi connectivity index (χ1) is 7.75. The summed E-state index contributed by atoms with van der Waals surface area (Å²) in [6.07, 6.45) is 0.949. The molecule has 1 amide bonds. The highest BCUT2D eigenvalue weighted by atomic mass is 79.9. The Labute approximate surface area is 116 Å². The van der Waals surface area contributed by atoms with E-state index in [-0.39, 0.29) is 24.2 Å².